The zero-order valence-corrected chi connectivity index (χ0v) is 21.7. The molecule has 1 atom stereocenters. The van der Waals surface area contributed by atoms with Crippen molar-refractivity contribution in [3.8, 4) is 0 Å². The highest BCUT2D eigenvalue weighted by atomic mass is 79.9. The van der Waals surface area contributed by atoms with Gasteiger partial charge >= 0.3 is 0 Å². The fourth-order valence-electron chi connectivity index (χ4n) is 4.48. The number of carbonyl (C=O) groups is 2. The van der Waals surface area contributed by atoms with Crippen LogP contribution >= 0.6 is 31.9 Å². The van der Waals surface area contributed by atoms with Crippen LogP contribution in [0.15, 0.2) is 69.6 Å². The van der Waals surface area contributed by atoms with E-state index < -0.39 is 5.66 Å². The highest BCUT2D eigenvalue weighted by molar-refractivity contribution is 9.11. The first-order valence-corrected chi connectivity index (χ1v) is 12.3. The van der Waals surface area contributed by atoms with Gasteiger partial charge in [-0.05, 0) is 50.7 Å². The van der Waals surface area contributed by atoms with Crippen molar-refractivity contribution in [2.45, 2.75) is 38.4 Å². The van der Waals surface area contributed by atoms with Crippen LogP contribution in [0.5, 0.6) is 0 Å². The van der Waals surface area contributed by atoms with Gasteiger partial charge in [0.1, 0.15) is 0 Å². The van der Waals surface area contributed by atoms with Crippen molar-refractivity contribution in [2.75, 3.05) is 10.2 Å². The summed E-state index contributed by atoms with van der Waals surface area (Å²) in [6.45, 7) is 6.95. The Balaban J connectivity index is 1.55. The molecule has 5 rings (SSSR count). The first-order chi connectivity index (χ1) is 15.6. The average molecular weight is 569 g/mol. The molecule has 2 aliphatic rings. The van der Waals surface area contributed by atoms with E-state index in [1.165, 1.54) is 5.56 Å². The van der Waals surface area contributed by atoms with E-state index in [9.17, 15) is 9.59 Å². The molecule has 5 nitrogen and oxygen atoms in total. The van der Waals surface area contributed by atoms with Gasteiger partial charge < -0.3 is 15.5 Å². The lowest BCUT2D eigenvalue weighted by Gasteiger charge is -2.37. The molecule has 2 aliphatic heterocycles. The van der Waals surface area contributed by atoms with Crippen molar-refractivity contribution >= 4 is 55.0 Å². The Kier molecular flexibility index (Phi) is 5.18. The highest BCUT2D eigenvalue weighted by Gasteiger charge is 2.54. The van der Waals surface area contributed by atoms with Crippen LogP contribution in [0.25, 0.3) is 0 Å². The molecule has 2 amide bonds. The monoisotopic (exact) mass is 567 g/mol. The predicted molar refractivity (Wildman–Crippen MR) is 137 cm³/mol. The molecule has 3 aromatic rings. The van der Waals surface area contributed by atoms with E-state index in [0.717, 1.165) is 21.3 Å². The molecule has 0 saturated carbocycles. The number of halogens is 2. The van der Waals surface area contributed by atoms with Crippen molar-refractivity contribution in [1.82, 2.24) is 5.32 Å². The molecule has 0 aliphatic carbocycles. The van der Waals surface area contributed by atoms with Crippen LogP contribution in [0, 0.1) is 0 Å². The summed E-state index contributed by atoms with van der Waals surface area (Å²) in [5, 5.41) is 6.33. The lowest BCUT2D eigenvalue weighted by molar-refractivity contribution is -0.123. The van der Waals surface area contributed by atoms with Crippen molar-refractivity contribution < 1.29 is 9.59 Å². The Morgan fingerprint density at radius 3 is 2.33 bits per heavy atom. The zero-order valence-electron chi connectivity index (χ0n) is 18.5. The van der Waals surface area contributed by atoms with E-state index in [-0.39, 0.29) is 17.2 Å². The number of rotatable bonds is 2. The maximum atomic E-state index is 13.9. The van der Waals surface area contributed by atoms with E-state index in [4.69, 9.17) is 0 Å². The fourth-order valence-corrected chi connectivity index (χ4v) is 5.80. The second-order valence-electron chi connectivity index (χ2n) is 9.49. The van der Waals surface area contributed by atoms with E-state index in [0.29, 0.717) is 22.3 Å². The Bertz CT molecular complexity index is 1300. The van der Waals surface area contributed by atoms with Crippen LogP contribution in [-0.4, -0.2) is 11.8 Å². The molecule has 33 heavy (non-hydrogen) atoms. The second-order valence-corrected chi connectivity index (χ2v) is 11.3. The number of hydrogen-bond acceptors (Lipinski definition) is 3. The summed E-state index contributed by atoms with van der Waals surface area (Å²) >= 11 is 6.98. The third-order valence-corrected chi connectivity index (χ3v) is 7.32. The van der Waals surface area contributed by atoms with Gasteiger partial charge in [0, 0.05) is 14.5 Å². The van der Waals surface area contributed by atoms with Gasteiger partial charge in [-0.3, -0.25) is 9.59 Å². The number of anilines is 2. The summed E-state index contributed by atoms with van der Waals surface area (Å²) in [5.41, 5.74) is 3.56. The molecule has 2 N–H and O–H groups in total. The summed E-state index contributed by atoms with van der Waals surface area (Å²) in [6, 6.07) is 19.6. The lowest BCUT2D eigenvalue weighted by Crippen LogP contribution is -2.60. The summed E-state index contributed by atoms with van der Waals surface area (Å²) in [6.07, 6.45) is 0. The van der Waals surface area contributed by atoms with Crippen LogP contribution in [-0.2, 0) is 22.4 Å². The molecule has 0 saturated heterocycles. The van der Waals surface area contributed by atoms with Crippen LogP contribution < -0.4 is 15.5 Å². The van der Waals surface area contributed by atoms with E-state index in [2.05, 4.69) is 87.5 Å². The van der Waals surface area contributed by atoms with Gasteiger partial charge in [-0.1, -0.05) is 79.2 Å². The largest absolute Gasteiger partial charge is 0.350 e. The molecule has 1 spiro atoms. The van der Waals surface area contributed by atoms with Gasteiger partial charge in [0.2, 0.25) is 5.66 Å². The van der Waals surface area contributed by atoms with Gasteiger partial charge in [0.25, 0.3) is 11.8 Å². The minimum Gasteiger partial charge on any atom is -0.350 e. The Morgan fingerprint density at radius 2 is 1.64 bits per heavy atom. The smallest absolute Gasteiger partial charge is 0.278 e. The minimum atomic E-state index is -1.36. The lowest BCUT2D eigenvalue weighted by atomic mass is 9.87. The molecule has 0 radical (unpaired) electrons. The van der Waals surface area contributed by atoms with E-state index >= 15 is 0 Å². The number of carbonyl (C=O) groups excluding carboxylic acids is 2. The van der Waals surface area contributed by atoms with Crippen LogP contribution in [0.4, 0.5) is 11.4 Å². The molecule has 0 bridgehead atoms. The number of fused-ring (bicyclic) bond motifs is 3. The quantitative estimate of drug-likeness (QED) is 0.395. The fraction of sp³-hybridized carbons (Fsp3) is 0.231. The summed E-state index contributed by atoms with van der Waals surface area (Å²) < 4.78 is 1.49. The van der Waals surface area contributed by atoms with Gasteiger partial charge in [0.05, 0.1) is 23.5 Å². The maximum Gasteiger partial charge on any atom is 0.278 e. The summed E-state index contributed by atoms with van der Waals surface area (Å²) in [5.74, 6) is -0.511. The molecule has 2 heterocycles. The Morgan fingerprint density at radius 1 is 0.939 bits per heavy atom. The van der Waals surface area contributed by atoms with Crippen molar-refractivity contribution in [1.29, 1.82) is 0 Å². The first-order valence-electron chi connectivity index (χ1n) is 10.7. The molecule has 1 unspecified atom stereocenters. The third kappa shape index (κ3) is 3.58. The average Bonchev–Trinajstić information content (AvgIpc) is 2.97. The van der Waals surface area contributed by atoms with Crippen LogP contribution in [0.1, 0.15) is 47.8 Å². The van der Waals surface area contributed by atoms with Crippen LogP contribution in [0.3, 0.4) is 0 Å². The van der Waals surface area contributed by atoms with E-state index in [1.54, 1.807) is 11.0 Å². The minimum absolute atomic E-state index is 0.0602. The molecular weight excluding hydrogens is 546 g/mol. The number of amides is 2. The van der Waals surface area contributed by atoms with Crippen molar-refractivity contribution in [3.63, 3.8) is 0 Å². The first kappa shape index (κ1) is 22.2. The maximum absolute atomic E-state index is 13.9. The number of benzene rings is 3. The van der Waals surface area contributed by atoms with Crippen molar-refractivity contribution in [2.24, 2.45) is 0 Å². The third-order valence-electron chi connectivity index (χ3n) is 6.24. The van der Waals surface area contributed by atoms with E-state index in [1.807, 2.05) is 30.3 Å². The van der Waals surface area contributed by atoms with Gasteiger partial charge in [-0.15, -0.1) is 0 Å². The van der Waals surface area contributed by atoms with Gasteiger partial charge in [0.15, 0.2) is 0 Å². The van der Waals surface area contributed by atoms with Gasteiger partial charge in [-0.25, -0.2) is 0 Å². The zero-order chi connectivity index (χ0) is 23.5. The molecule has 3 aromatic carbocycles. The normalized spacial score (nSPS) is 19.2. The molecule has 0 fully saturated rings. The van der Waals surface area contributed by atoms with Gasteiger partial charge in [-0.2, -0.15) is 0 Å². The Labute approximate surface area is 209 Å². The number of nitrogens with one attached hydrogen (secondary N) is 2. The standard InChI is InChI=1S/C26H23Br2N3O2/c1-25(2,3)16-10-8-15(9-11-16)14-31-21-7-5-4-6-19(21)26(24(31)33)29-22-18(23(32)30-26)12-17(27)13-20(22)28/h4-13,29H,14H2,1-3H3,(H,30,32). The summed E-state index contributed by atoms with van der Waals surface area (Å²) in [4.78, 5) is 28.8. The van der Waals surface area contributed by atoms with Crippen molar-refractivity contribution in [3.05, 3.63) is 91.9 Å². The number of nitrogens with zero attached hydrogens (tertiary/aromatic N) is 1. The topological polar surface area (TPSA) is 61.4 Å². The molecule has 168 valence electrons. The highest BCUT2D eigenvalue weighted by Crippen LogP contribution is 2.46. The number of hydrogen-bond donors (Lipinski definition) is 2. The summed E-state index contributed by atoms with van der Waals surface area (Å²) in [7, 11) is 0. The molecule has 0 aromatic heterocycles. The van der Waals surface area contributed by atoms with Crippen LogP contribution in [0.2, 0.25) is 0 Å². The number of para-hydroxylation sites is 1. The Hall–Kier alpha value is -2.64. The molecule has 7 heteroatoms. The SMILES string of the molecule is CC(C)(C)c1ccc(CN2C(=O)C3(NC(=O)c4cc(Br)cc(Br)c4N3)c3ccccc32)cc1. The second kappa shape index (κ2) is 7.71. The predicted octanol–water partition coefficient (Wildman–Crippen LogP) is 6.06. The molecular formula is C26H23Br2N3O2.